The van der Waals surface area contributed by atoms with Crippen molar-refractivity contribution >= 4 is 11.6 Å². The van der Waals surface area contributed by atoms with Gasteiger partial charge in [0, 0.05) is 17.7 Å². The summed E-state index contributed by atoms with van der Waals surface area (Å²) in [5.74, 6) is 4.96. The summed E-state index contributed by atoms with van der Waals surface area (Å²) in [6.45, 7) is 1.80. The number of nitrogens with one attached hydrogen (secondary N) is 1. The number of methoxy groups -OCH3 is 1. The summed E-state index contributed by atoms with van der Waals surface area (Å²) in [4.78, 5) is 0. The molecule has 0 aromatic heterocycles. The second-order valence-corrected chi connectivity index (χ2v) is 3.69. The van der Waals surface area contributed by atoms with Crippen molar-refractivity contribution in [1.29, 1.82) is 0 Å². The number of hydrogen-bond donors (Lipinski definition) is 2. The Balaban J connectivity index is 3.01. The topological polar surface area (TPSA) is 47.3 Å². The van der Waals surface area contributed by atoms with Gasteiger partial charge in [-0.3, -0.25) is 11.3 Å². The predicted molar refractivity (Wildman–Crippen MR) is 57.9 cm³/mol. The van der Waals surface area contributed by atoms with Crippen LogP contribution in [0, 0.1) is 5.82 Å². The minimum absolute atomic E-state index is 0.231. The smallest absolute Gasteiger partial charge is 0.129 e. The van der Waals surface area contributed by atoms with Crippen LogP contribution in [0.3, 0.4) is 0 Å². The normalized spacial score (nSPS) is 15.0. The Bertz CT molecular complexity index is 335. The molecule has 0 saturated heterocycles. The Morgan fingerprint density at radius 1 is 1.53 bits per heavy atom. The van der Waals surface area contributed by atoms with E-state index >= 15 is 0 Å². The maximum atomic E-state index is 13.5. The molecule has 84 valence electrons. The van der Waals surface area contributed by atoms with Crippen LogP contribution in [-0.2, 0) is 4.74 Å². The van der Waals surface area contributed by atoms with Crippen molar-refractivity contribution in [3.63, 3.8) is 0 Å². The zero-order valence-electron chi connectivity index (χ0n) is 8.63. The van der Waals surface area contributed by atoms with E-state index in [4.69, 9.17) is 22.2 Å². The molecular weight excluding hydrogens is 219 g/mol. The third-order valence-electron chi connectivity index (χ3n) is 2.32. The number of hydrogen-bond acceptors (Lipinski definition) is 3. The van der Waals surface area contributed by atoms with Crippen LogP contribution in [0.5, 0.6) is 0 Å². The second kappa shape index (κ2) is 5.42. The highest BCUT2D eigenvalue weighted by atomic mass is 35.5. The first-order chi connectivity index (χ1) is 7.10. The van der Waals surface area contributed by atoms with Crippen molar-refractivity contribution in [3.8, 4) is 0 Å². The van der Waals surface area contributed by atoms with Crippen molar-refractivity contribution in [1.82, 2.24) is 5.43 Å². The largest absolute Gasteiger partial charge is 0.380 e. The number of rotatable bonds is 4. The molecule has 0 aliphatic heterocycles. The van der Waals surface area contributed by atoms with E-state index in [1.54, 1.807) is 26.2 Å². The van der Waals surface area contributed by atoms with E-state index in [9.17, 15) is 4.39 Å². The number of nitrogens with two attached hydrogens (primary N) is 1. The fraction of sp³-hybridized carbons (Fsp3) is 0.400. The fourth-order valence-corrected chi connectivity index (χ4v) is 1.53. The molecule has 1 aromatic carbocycles. The van der Waals surface area contributed by atoms with Crippen molar-refractivity contribution in [2.75, 3.05) is 7.11 Å². The first-order valence-corrected chi connectivity index (χ1v) is 4.91. The monoisotopic (exact) mass is 232 g/mol. The van der Waals surface area contributed by atoms with E-state index in [1.807, 2.05) is 0 Å². The minimum atomic E-state index is -0.396. The molecule has 0 heterocycles. The molecule has 0 radical (unpaired) electrons. The molecule has 0 saturated carbocycles. The van der Waals surface area contributed by atoms with Gasteiger partial charge in [-0.2, -0.15) is 0 Å². The maximum Gasteiger partial charge on any atom is 0.129 e. The van der Waals surface area contributed by atoms with Crippen LogP contribution >= 0.6 is 11.6 Å². The molecule has 5 heteroatoms. The third kappa shape index (κ3) is 2.89. The lowest BCUT2D eigenvalue weighted by Gasteiger charge is -2.22. The highest BCUT2D eigenvalue weighted by Gasteiger charge is 2.20. The molecule has 0 aliphatic rings. The molecule has 0 aliphatic carbocycles. The molecule has 2 unspecified atom stereocenters. The van der Waals surface area contributed by atoms with Crippen LogP contribution in [0.2, 0.25) is 5.02 Å². The molecule has 1 rings (SSSR count). The van der Waals surface area contributed by atoms with E-state index < -0.39 is 11.9 Å². The highest BCUT2D eigenvalue weighted by molar-refractivity contribution is 6.30. The molecule has 3 N–H and O–H groups in total. The Morgan fingerprint density at radius 3 is 2.67 bits per heavy atom. The van der Waals surface area contributed by atoms with Crippen molar-refractivity contribution in [2.45, 2.75) is 19.1 Å². The Hall–Kier alpha value is -0.680. The Labute approximate surface area is 93.3 Å². The molecule has 0 spiro atoms. The van der Waals surface area contributed by atoms with Crippen LogP contribution in [0.1, 0.15) is 18.5 Å². The lowest BCUT2D eigenvalue weighted by molar-refractivity contribution is 0.0818. The van der Waals surface area contributed by atoms with Gasteiger partial charge in [0.25, 0.3) is 0 Å². The number of benzene rings is 1. The van der Waals surface area contributed by atoms with Gasteiger partial charge in [0.2, 0.25) is 0 Å². The molecule has 3 nitrogen and oxygen atoms in total. The van der Waals surface area contributed by atoms with Crippen LogP contribution in [-0.4, -0.2) is 13.2 Å². The van der Waals surface area contributed by atoms with E-state index in [2.05, 4.69) is 5.43 Å². The molecule has 2 atom stereocenters. The van der Waals surface area contributed by atoms with Crippen molar-refractivity contribution in [3.05, 3.63) is 34.6 Å². The molecule has 1 aromatic rings. The third-order valence-corrected chi connectivity index (χ3v) is 2.55. The zero-order valence-corrected chi connectivity index (χ0v) is 9.38. The van der Waals surface area contributed by atoms with E-state index in [-0.39, 0.29) is 6.10 Å². The summed E-state index contributed by atoms with van der Waals surface area (Å²) < 4.78 is 18.6. The number of hydrazine groups is 1. The summed E-state index contributed by atoms with van der Waals surface area (Å²) in [5, 5.41) is 0.358. The zero-order chi connectivity index (χ0) is 11.4. The van der Waals surface area contributed by atoms with E-state index in [0.29, 0.717) is 10.6 Å². The molecule has 0 fully saturated rings. The summed E-state index contributed by atoms with van der Waals surface area (Å²) in [7, 11) is 1.54. The standard InChI is InChI=1S/C10H14ClFN2O/c1-6(15-2)10(14-13)8-4-3-7(11)5-9(8)12/h3-6,10,14H,13H2,1-2H3. The van der Waals surface area contributed by atoms with Crippen LogP contribution in [0.25, 0.3) is 0 Å². The van der Waals surface area contributed by atoms with Gasteiger partial charge in [-0.25, -0.2) is 4.39 Å². The maximum absolute atomic E-state index is 13.5. The summed E-state index contributed by atoms with van der Waals surface area (Å²) >= 11 is 5.66. The van der Waals surface area contributed by atoms with Gasteiger partial charge >= 0.3 is 0 Å². The van der Waals surface area contributed by atoms with Crippen molar-refractivity contribution in [2.24, 2.45) is 5.84 Å². The number of ether oxygens (including phenoxy) is 1. The van der Waals surface area contributed by atoms with Gasteiger partial charge in [0.05, 0.1) is 12.1 Å². The molecule has 0 amide bonds. The van der Waals surface area contributed by atoms with Gasteiger partial charge in [0.1, 0.15) is 5.82 Å². The predicted octanol–water partition coefficient (Wildman–Crippen LogP) is 2.02. The average Bonchev–Trinajstić information content (AvgIpc) is 2.21. The molecule has 0 bridgehead atoms. The van der Waals surface area contributed by atoms with E-state index in [0.717, 1.165) is 0 Å². The number of halogens is 2. The van der Waals surface area contributed by atoms with Gasteiger partial charge < -0.3 is 4.74 Å². The Morgan fingerprint density at radius 2 is 2.20 bits per heavy atom. The van der Waals surface area contributed by atoms with Crippen molar-refractivity contribution < 1.29 is 9.13 Å². The summed E-state index contributed by atoms with van der Waals surface area (Å²) in [5.41, 5.74) is 2.96. The van der Waals surface area contributed by atoms with Crippen LogP contribution in [0.4, 0.5) is 4.39 Å². The van der Waals surface area contributed by atoms with Crippen LogP contribution < -0.4 is 11.3 Å². The quantitative estimate of drug-likeness (QED) is 0.617. The fourth-order valence-electron chi connectivity index (χ4n) is 1.37. The lowest BCUT2D eigenvalue weighted by Crippen LogP contribution is -2.36. The first-order valence-electron chi connectivity index (χ1n) is 4.54. The second-order valence-electron chi connectivity index (χ2n) is 3.25. The summed E-state index contributed by atoms with van der Waals surface area (Å²) in [6.07, 6.45) is -0.231. The lowest BCUT2D eigenvalue weighted by atomic mass is 10.0. The molecular formula is C10H14ClFN2O. The van der Waals surface area contributed by atoms with Crippen LogP contribution in [0.15, 0.2) is 18.2 Å². The van der Waals surface area contributed by atoms with Gasteiger partial charge in [-0.1, -0.05) is 17.7 Å². The molecule has 15 heavy (non-hydrogen) atoms. The SMILES string of the molecule is COC(C)C(NN)c1ccc(Cl)cc1F. The van der Waals surface area contributed by atoms with Gasteiger partial charge in [0.15, 0.2) is 0 Å². The van der Waals surface area contributed by atoms with E-state index in [1.165, 1.54) is 6.07 Å². The highest BCUT2D eigenvalue weighted by Crippen LogP contribution is 2.23. The average molecular weight is 233 g/mol. The summed E-state index contributed by atoms with van der Waals surface area (Å²) in [6, 6.07) is 4.07. The van der Waals surface area contributed by atoms with Gasteiger partial charge in [-0.15, -0.1) is 0 Å². The Kier molecular flexibility index (Phi) is 4.47. The minimum Gasteiger partial charge on any atom is -0.380 e. The first kappa shape index (κ1) is 12.4. The van der Waals surface area contributed by atoms with Gasteiger partial charge in [-0.05, 0) is 19.1 Å².